The van der Waals surface area contributed by atoms with Gasteiger partial charge in [0.05, 0.1) is 17.2 Å². The van der Waals surface area contributed by atoms with Crippen molar-refractivity contribution in [3.8, 4) is 17.6 Å². The summed E-state index contributed by atoms with van der Waals surface area (Å²) >= 11 is 0. The molecule has 0 unspecified atom stereocenters. The van der Waals surface area contributed by atoms with Gasteiger partial charge in [0, 0.05) is 5.56 Å². The molecule has 0 saturated carbocycles. The molecule has 5 heteroatoms. The maximum Gasteiger partial charge on any atom is 0.417 e. The number of ether oxygens (including phenoxy) is 1. The van der Waals surface area contributed by atoms with Crippen LogP contribution in [0.2, 0.25) is 0 Å². The zero-order chi connectivity index (χ0) is 18.6. The van der Waals surface area contributed by atoms with Crippen LogP contribution >= 0.6 is 0 Å². The third-order valence-electron chi connectivity index (χ3n) is 3.76. The van der Waals surface area contributed by atoms with E-state index in [1.807, 2.05) is 19.1 Å². The average Bonchev–Trinajstić information content (AvgIpc) is 2.56. The Balaban J connectivity index is 2.47. The highest BCUT2D eigenvalue weighted by atomic mass is 19.4. The van der Waals surface area contributed by atoms with Gasteiger partial charge in [0.2, 0.25) is 0 Å². The Morgan fingerprint density at radius 1 is 1.24 bits per heavy atom. The van der Waals surface area contributed by atoms with E-state index in [1.54, 1.807) is 12.1 Å². The van der Waals surface area contributed by atoms with E-state index in [4.69, 9.17) is 10.00 Å². The van der Waals surface area contributed by atoms with Crippen LogP contribution in [-0.2, 0) is 12.6 Å². The molecule has 130 valence electrons. The van der Waals surface area contributed by atoms with Gasteiger partial charge in [-0.25, -0.2) is 0 Å². The van der Waals surface area contributed by atoms with Crippen molar-refractivity contribution >= 4 is 6.08 Å². The second-order valence-electron chi connectivity index (χ2n) is 5.70. The third-order valence-corrected chi connectivity index (χ3v) is 3.76. The van der Waals surface area contributed by atoms with Gasteiger partial charge in [-0.15, -0.1) is 0 Å². The smallest absolute Gasteiger partial charge is 0.417 e. The molecular weight excluding hydrogens is 327 g/mol. The Labute approximate surface area is 145 Å². The molecule has 0 saturated heterocycles. The fourth-order valence-electron chi connectivity index (χ4n) is 2.64. The average molecular weight is 345 g/mol. The van der Waals surface area contributed by atoms with E-state index in [1.165, 1.54) is 6.07 Å². The number of nitrogens with zero attached hydrogens (tertiary/aromatic N) is 1. The predicted molar refractivity (Wildman–Crippen MR) is 91.5 cm³/mol. The fourth-order valence-corrected chi connectivity index (χ4v) is 2.64. The molecule has 0 aromatic heterocycles. The highest BCUT2D eigenvalue weighted by Crippen LogP contribution is 2.37. The fraction of sp³-hybridized carbons (Fsp3) is 0.250. The van der Waals surface area contributed by atoms with Crippen molar-refractivity contribution in [3.63, 3.8) is 0 Å². The molecule has 0 radical (unpaired) electrons. The van der Waals surface area contributed by atoms with Gasteiger partial charge in [-0.2, -0.15) is 18.4 Å². The SMILES string of the molecule is C=Cc1cc(CCC)cc(C)c1Oc1ccc(C#N)c(C(F)(F)F)c1. The van der Waals surface area contributed by atoms with E-state index in [2.05, 4.69) is 13.5 Å². The number of alkyl halides is 3. The lowest BCUT2D eigenvalue weighted by Gasteiger charge is -2.16. The lowest BCUT2D eigenvalue weighted by Crippen LogP contribution is -2.08. The second-order valence-corrected chi connectivity index (χ2v) is 5.70. The van der Waals surface area contributed by atoms with Gasteiger partial charge in [0.1, 0.15) is 11.5 Å². The summed E-state index contributed by atoms with van der Waals surface area (Å²) in [4.78, 5) is 0. The maximum atomic E-state index is 13.1. The summed E-state index contributed by atoms with van der Waals surface area (Å²) in [7, 11) is 0. The number of benzene rings is 2. The molecule has 0 aliphatic carbocycles. The molecule has 0 heterocycles. The van der Waals surface area contributed by atoms with Crippen molar-refractivity contribution in [2.75, 3.05) is 0 Å². The minimum atomic E-state index is -4.62. The van der Waals surface area contributed by atoms with Crippen molar-refractivity contribution in [2.24, 2.45) is 0 Å². The molecule has 2 rings (SSSR count). The van der Waals surface area contributed by atoms with Gasteiger partial charge in [-0.05, 0) is 48.7 Å². The third kappa shape index (κ3) is 4.21. The summed E-state index contributed by atoms with van der Waals surface area (Å²) in [6, 6.07) is 8.77. The number of aryl methyl sites for hydroxylation is 2. The van der Waals surface area contributed by atoms with Crippen LogP contribution in [0.25, 0.3) is 6.08 Å². The van der Waals surface area contributed by atoms with Gasteiger partial charge in [0.25, 0.3) is 0 Å². The number of rotatable bonds is 5. The Bertz CT molecular complexity index is 832. The number of halogens is 3. The Morgan fingerprint density at radius 3 is 2.52 bits per heavy atom. The normalized spacial score (nSPS) is 11.0. The monoisotopic (exact) mass is 345 g/mol. The van der Waals surface area contributed by atoms with Crippen molar-refractivity contribution in [2.45, 2.75) is 32.9 Å². The first kappa shape index (κ1) is 18.6. The molecule has 2 aromatic rings. The van der Waals surface area contributed by atoms with E-state index in [0.29, 0.717) is 5.75 Å². The van der Waals surface area contributed by atoms with Crippen LogP contribution in [0.4, 0.5) is 13.2 Å². The standard InChI is InChI=1S/C20H18F3NO/c1-4-6-14-9-13(3)19(15(5-2)10-14)25-17-8-7-16(12-24)18(11-17)20(21,22)23/h5,7-11H,2,4,6H2,1,3H3. The summed E-state index contributed by atoms with van der Waals surface area (Å²) in [5, 5.41) is 8.87. The van der Waals surface area contributed by atoms with Crippen LogP contribution < -0.4 is 4.74 Å². The molecule has 0 N–H and O–H groups in total. The first-order chi connectivity index (χ1) is 11.8. The quantitative estimate of drug-likeness (QED) is 0.639. The highest BCUT2D eigenvalue weighted by molar-refractivity contribution is 5.61. The van der Waals surface area contributed by atoms with E-state index >= 15 is 0 Å². The molecule has 0 aliphatic rings. The van der Waals surface area contributed by atoms with Crippen LogP contribution in [0.1, 0.15) is 41.2 Å². The molecule has 0 aliphatic heterocycles. The first-order valence-electron chi connectivity index (χ1n) is 7.85. The van der Waals surface area contributed by atoms with Gasteiger partial charge in [-0.1, -0.05) is 32.1 Å². The number of hydrogen-bond donors (Lipinski definition) is 0. The molecule has 0 fully saturated rings. The summed E-state index contributed by atoms with van der Waals surface area (Å²) < 4.78 is 45.0. The summed E-state index contributed by atoms with van der Waals surface area (Å²) in [5.74, 6) is 0.494. The van der Waals surface area contributed by atoms with E-state index in [0.717, 1.165) is 41.7 Å². The lowest BCUT2D eigenvalue weighted by atomic mass is 10.0. The predicted octanol–water partition coefficient (Wildman–Crippen LogP) is 6.27. The van der Waals surface area contributed by atoms with Crippen molar-refractivity contribution in [1.29, 1.82) is 5.26 Å². The molecule has 2 nitrogen and oxygen atoms in total. The van der Waals surface area contributed by atoms with Crippen LogP contribution in [-0.4, -0.2) is 0 Å². The van der Waals surface area contributed by atoms with Gasteiger partial charge >= 0.3 is 6.18 Å². The number of hydrogen-bond acceptors (Lipinski definition) is 2. The van der Waals surface area contributed by atoms with Crippen LogP contribution in [0.3, 0.4) is 0 Å². The second kappa shape index (κ2) is 7.43. The zero-order valence-corrected chi connectivity index (χ0v) is 14.1. The van der Waals surface area contributed by atoms with Gasteiger partial charge < -0.3 is 4.74 Å². The van der Waals surface area contributed by atoms with Gasteiger partial charge in [-0.3, -0.25) is 0 Å². The van der Waals surface area contributed by atoms with E-state index < -0.39 is 17.3 Å². The zero-order valence-electron chi connectivity index (χ0n) is 14.1. The highest BCUT2D eigenvalue weighted by Gasteiger charge is 2.34. The molecule has 2 aromatic carbocycles. The Morgan fingerprint density at radius 2 is 1.96 bits per heavy atom. The Hall–Kier alpha value is -2.74. The van der Waals surface area contributed by atoms with E-state index in [9.17, 15) is 13.2 Å². The first-order valence-corrected chi connectivity index (χ1v) is 7.85. The maximum absolute atomic E-state index is 13.1. The number of nitriles is 1. The molecular formula is C20H18F3NO. The minimum absolute atomic E-state index is 0.0285. The largest absolute Gasteiger partial charge is 0.456 e. The van der Waals surface area contributed by atoms with E-state index in [-0.39, 0.29) is 5.75 Å². The molecule has 0 atom stereocenters. The Kier molecular flexibility index (Phi) is 5.53. The summed E-state index contributed by atoms with van der Waals surface area (Å²) in [6.07, 6.45) is -1.11. The molecule has 0 bridgehead atoms. The van der Waals surface area contributed by atoms with Crippen LogP contribution in [0, 0.1) is 18.3 Å². The topological polar surface area (TPSA) is 33.0 Å². The minimum Gasteiger partial charge on any atom is -0.456 e. The van der Waals surface area contributed by atoms with Gasteiger partial charge in [0.15, 0.2) is 0 Å². The van der Waals surface area contributed by atoms with Crippen LogP contribution in [0.15, 0.2) is 36.9 Å². The van der Waals surface area contributed by atoms with Crippen molar-refractivity contribution < 1.29 is 17.9 Å². The summed E-state index contributed by atoms with van der Waals surface area (Å²) in [5.41, 5.74) is 1.23. The summed E-state index contributed by atoms with van der Waals surface area (Å²) in [6.45, 7) is 7.67. The molecule has 0 spiro atoms. The lowest BCUT2D eigenvalue weighted by molar-refractivity contribution is -0.137. The van der Waals surface area contributed by atoms with Crippen LogP contribution in [0.5, 0.6) is 11.5 Å². The molecule has 0 amide bonds. The molecule has 25 heavy (non-hydrogen) atoms. The van der Waals surface area contributed by atoms with Crippen molar-refractivity contribution in [1.82, 2.24) is 0 Å². The van der Waals surface area contributed by atoms with Crippen molar-refractivity contribution in [3.05, 3.63) is 64.7 Å².